The fourth-order valence-corrected chi connectivity index (χ4v) is 2.16. The summed E-state index contributed by atoms with van der Waals surface area (Å²) >= 11 is 0. The highest BCUT2D eigenvalue weighted by atomic mass is 16.1. The van der Waals surface area contributed by atoms with E-state index in [0.29, 0.717) is 0 Å². The molecule has 0 heterocycles. The number of aldehydes is 1. The molecule has 0 atom stereocenters. The molecule has 0 aromatic heterocycles. The third kappa shape index (κ3) is 1.77. The summed E-state index contributed by atoms with van der Waals surface area (Å²) in [7, 11) is 0. The van der Waals surface area contributed by atoms with E-state index in [9.17, 15) is 4.79 Å². The lowest BCUT2D eigenvalue weighted by molar-refractivity contribution is -0.105. The van der Waals surface area contributed by atoms with Crippen LogP contribution in [0.3, 0.4) is 0 Å². The summed E-state index contributed by atoms with van der Waals surface area (Å²) < 4.78 is 0. The molecule has 0 saturated heterocycles. The van der Waals surface area contributed by atoms with Crippen LogP contribution in [0, 0.1) is 5.41 Å². The molecule has 1 nitrogen and oxygen atoms in total. The second kappa shape index (κ2) is 3.42. The van der Waals surface area contributed by atoms with Crippen molar-refractivity contribution in [2.75, 3.05) is 0 Å². The highest BCUT2D eigenvalue weighted by molar-refractivity contribution is 5.74. The number of hydrogen-bond acceptors (Lipinski definition) is 1. The molecule has 1 saturated carbocycles. The maximum atomic E-state index is 10.6. The topological polar surface area (TPSA) is 17.1 Å². The van der Waals surface area contributed by atoms with Gasteiger partial charge in [-0.1, -0.05) is 25.8 Å². The standard InChI is InChI=1S/C11H18O/c1-9(8-12)10-6-4-5-7-11(10,2)3/h8H,4-7H2,1-3H3. The quantitative estimate of drug-likeness (QED) is 0.432. The average molecular weight is 166 g/mol. The Bertz CT molecular complexity index is 211. The van der Waals surface area contributed by atoms with E-state index >= 15 is 0 Å². The summed E-state index contributed by atoms with van der Waals surface area (Å²) in [5.74, 6) is 0. The summed E-state index contributed by atoms with van der Waals surface area (Å²) in [6.45, 7) is 6.43. The van der Waals surface area contributed by atoms with Crippen LogP contribution in [0.5, 0.6) is 0 Å². The van der Waals surface area contributed by atoms with E-state index in [1.54, 1.807) is 0 Å². The minimum absolute atomic E-state index is 0.267. The van der Waals surface area contributed by atoms with Crippen LogP contribution in [0.1, 0.15) is 46.5 Å². The molecule has 1 heteroatoms. The average Bonchev–Trinajstić information content (AvgIpc) is 2.02. The molecule has 12 heavy (non-hydrogen) atoms. The number of carbonyl (C=O) groups excluding carboxylic acids is 1. The maximum absolute atomic E-state index is 10.6. The number of rotatable bonds is 1. The first-order chi connectivity index (χ1) is 5.58. The van der Waals surface area contributed by atoms with Crippen molar-refractivity contribution in [1.82, 2.24) is 0 Å². The van der Waals surface area contributed by atoms with E-state index in [1.165, 1.54) is 24.8 Å². The Kier molecular flexibility index (Phi) is 2.71. The fraction of sp³-hybridized carbons (Fsp3) is 0.727. The van der Waals surface area contributed by atoms with Gasteiger partial charge in [-0.3, -0.25) is 4.79 Å². The monoisotopic (exact) mass is 166 g/mol. The van der Waals surface area contributed by atoms with Crippen LogP contribution in [0.25, 0.3) is 0 Å². The molecule has 0 bridgehead atoms. The van der Waals surface area contributed by atoms with Crippen LogP contribution < -0.4 is 0 Å². The van der Waals surface area contributed by atoms with Crippen molar-refractivity contribution < 1.29 is 4.79 Å². The predicted molar refractivity (Wildman–Crippen MR) is 51.0 cm³/mol. The van der Waals surface area contributed by atoms with Gasteiger partial charge in [-0.15, -0.1) is 0 Å². The van der Waals surface area contributed by atoms with E-state index in [2.05, 4.69) is 13.8 Å². The molecular weight excluding hydrogens is 148 g/mol. The zero-order chi connectivity index (χ0) is 9.19. The van der Waals surface area contributed by atoms with Gasteiger partial charge in [0.05, 0.1) is 0 Å². The third-order valence-corrected chi connectivity index (χ3v) is 2.95. The predicted octanol–water partition coefficient (Wildman–Crippen LogP) is 3.10. The Morgan fingerprint density at radius 2 is 2.08 bits per heavy atom. The van der Waals surface area contributed by atoms with E-state index < -0.39 is 0 Å². The van der Waals surface area contributed by atoms with Gasteiger partial charge in [0.1, 0.15) is 6.29 Å². The van der Waals surface area contributed by atoms with Crippen LogP contribution in [0.4, 0.5) is 0 Å². The molecule has 0 aliphatic heterocycles. The van der Waals surface area contributed by atoms with Crippen molar-refractivity contribution >= 4 is 6.29 Å². The largest absolute Gasteiger partial charge is 0.298 e. The maximum Gasteiger partial charge on any atom is 0.145 e. The Morgan fingerprint density at radius 3 is 2.58 bits per heavy atom. The highest BCUT2D eigenvalue weighted by Crippen LogP contribution is 2.41. The Hall–Kier alpha value is -0.590. The van der Waals surface area contributed by atoms with Crippen LogP contribution in [-0.4, -0.2) is 6.29 Å². The first-order valence-electron chi connectivity index (χ1n) is 4.73. The molecule has 1 fully saturated rings. The first kappa shape index (κ1) is 9.50. The van der Waals surface area contributed by atoms with Crippen molar-refractivity contribution in [2.24, 2.45) is 5.41 Å². The Morgan fingerprint density at radius 1 is 1.42 bits per heavy atom. The lowest BCUT2D eigenvalue weighted by Gasteiger charge is -2.33. The second-order valence-corrected chi connectivity index (χ2v) is 4.37. The lowest BCUT2D eigenvalue weighted by atomic mass is 9.71. The van der Waals surface area contributed by atoms with Gasteiger partial charge < -0.3 is 0 Å². The van der Waals surface area contributed by atoms with Crippen LogP contribution in [0.15, 0.2) is 11.1 Å². The minimum Gasteiger partial charge on any atom is -0.298 e. The van der Waals surface area contributed by atoms with Gasteiger partial charge in [0.15, 0.2) is 0 Å². The zero-order valence-electron chi connectivity index (χ0n) is 8.31. The van der Waals surface area contributed by atoms with Crippen molar-refractivity contribution in [3.8, 4) is 0 Å². The van der Waals surface area contributed by atoms with Crippen molar-refractivity contribution in [2.45, 2.75) is 46.5 Å². The third-order valence-electron chi connectivity index (χ3n) is 2.95. The van der Waals surface area contributed by atoms with Crippen molar-refractivity contribution in [3.63, 3.8) is 0 Å². The smallest absolute Gasteiger partial charge is 0.145 e. The minimum atomic E-state index is 0.267. The second-order valence-electron chi connectivity index (χ2n) is 4.37. The van der Waals surface area contributed by atoms with Crippen LogP contribution in [-0.2, 0) is 4.79 Å². The molecule has 1 rings (SSSR count). The van der Waals surface area contributed by atoms with Crippen LogP contribution >= 0.6 is 0 Å². The van der Waals surface area contributed by atoms with Gasteiger partial charge in [-0.05, 0) is 37.2 Å². The molecule has 0 aromatic rings. The normalized spacial score (nSPS) is 26.6. The van der Waals surface area contributed by atoms with Crippen molar-refractivity contribution in [3.05, 3.63) is 11.1 Å². The molecule has 0 unspecified atom stereocenters. The molecule has 1 aliphatic rings. The Labute approximate surface area is 74.9 Å². The van der Waals surface area contributed by atoms with Crippen molar-refractivity contribution in [1.29, 1.82) is 0 Å². The molecular formula is C11H18O. The lowest BCUT2D eigenvalue weighted by Crippen LogP contribution is -2.20. The summed E-state index contributed by atoms with van der Waals surface area (Å²) in [5.41, 5.74) is 2.60. The number of allylic oxidation sites excluding steroid dienone is 2. The SMILES string of the molecule is CC(C=O)=C1CCCCC1(C)C. The van der Waals surface area contributed by atoms with Gasteiger partial charge in [-0.2, -0.15) is 0 Å². The zero-order valence-corrected chi connectivity index (χ0v) is 8.31. The Balaban J connectivity index is 2.93. The van der Waals surface area contributed by atoms with E-state index in [0.717, 1.165) is 18.3 Å². The highest BCUT2D eigenvalue weighted by Gasteiger charge is 2.27. The molecule has 0 spiro atoms. The van der Waals surface area contributed by atoms with E-state index in [4.69, 9.17) is 0 Å². The van der Waals surface area contributed by atoms with Crippen LogP contribution in [0.2, 0.25) is 0 Å². The molecule has 68 valence electrons. The molecule has 1 aliphatic carbocycles. The van der Waals surface area contributed by atoms with Gasteiger partial charge in [0, 0.05) is 0 Å². The first-order valence-corrected chi connectivity index (χ1v) is 4.73. The van der Waals surface area contributed by atoms with E-state index in [-0.39, 0.29) is 5.41 Å². The molecule has 0 aromatic carbocycles. The van der Waals surface area contributed by atoms with Gasteiger partial charge in [0.25, 0.3) is 0 Å². The van der Waals surface area contributed by atoms with Gasteiger partial charge in [-0.25, -0.2) is 0 Å². The number of carbonyl (C=O) groups is 1. The molecule has 0 radical (unpaired) electrons. The molecule has 0 N–H and O–H groups in total. The summed E-state index contributed by atoms with van der Waals surface area (Å²) in [6, 6.07) is 0. The van der Waals surface area contributed by atoms with Gasteiger partial charge >= 0.3 is 0 Å². The van der Waals surface area contributed by atoms with E-state index in [1.807, 2.05) is 6.92 Å². The molecule has 0 amide bonds. The number of hydrogen-bond donors (Lipinski definition) is 0. The fourth-order valence-electron chi connectivity index (χ4n) is 2.16. The summed E-state index contributed by atoms with van der Waals surface area (Å²) in [6.07, 6.45) is 5.92. The summed E-state index contributed by atoms with van der Waals surface area (Å²) in [4.78, 5) is 10.6. The summed E-state index contributed by atoms with van der Waals surface area (Å²) in [5, 5.41) is 0. The van der Waals surface area contributed by atoms with Gasteiger partial charge in [0.2, 0.25) is 0 Å².